The Balaban J connectivity index is 1.80. The number of carbonyl (C=O) groups is 1. The SMILES string of the molecule is CC1CN(c2noc3cc(F)c(C4OCCO4)cc23)C(=O)O1. The number of rotatable bonds is 2. The van der Waals surface area contributed by atoms with Gasteiger partial charge < -0.3 is 18.7 Å². The highest BCUT2D eigenvalue weighted by Gasteiger charge is 2.33. The first-order valence-electron chi connectivity index (χ1n) is 6.93. The molecule has 2 aromatic rings. The van der Waals surface area contributed by atoms with Gasteiger partial charge in [0.05, 0.1) is 25.1 Å². The molecule has 7 nitrogen and oxygen atoms in total. The molecule has 2 saturated heterocycles. The van der Waals surface area contributed by atoms with Crippen molar-refractivity contribution in [3.05, 3.63) is 23.5 Å². The normalized spacial score (nSPS) is 22.7. The largest absolute Gasteiger partial charge is 0.444 e. The second-order valence-electron chi connectivity index (χ2n) is 5.25. The maximum atomic E-state index is 14.1. The first-order chi connectivity index (χ1) is 10.6. The zero-order valence-electron chi connectivity index (χ0n) is 11.7. The number of benzene rings is 1. The Morgan fingerprint density at radius 2 is 2.09 bits per heavy atom. The quantitative estimate of drug-likeness (QED) is 0.848. The van der Waals surface area contributed by atoms with Gasteiger partial charge in [0.1, 0.15) is 11.9 Å². The molecule has 4 rings (SSSR count). The molecule has 0 N–H and O–H groups in total. The van der Waals surface area contributed by atoms with E-state index in [1.54, 1.807) is 13.0 Å². The first kappa shape index (κ1) is 13.5. The number of ether oxygens (including phenoxy) is 3. The highest BCUT2D eigenvalue weighted by Crippen LogP contribution is 2.34. The lowest BCUT2D eigenvalue weighted by Crippen LogP contribution is -2.24. The molecule has 0 bridgehead atoms. The maximum Gasteiger partial charge on any atom is 0.416 e. The minimum absolute atomic E-state index is 0.235. The number of hydrogen-bond donors (Lipinski definition) is 0. The van der Waals surface area contributed by atoms with E-state index in [1.807, 2.05) is 0 Å². The van der Waals surface area contributed by atoms with Crippen molar-refractivity contribution in [2.24, 2.45) is 0 Å². The summed E-state index contributed by atoms with van der Waals surface area (Å²) in [5.74, 6) is -0.192. The summed E-state index contributed by atoms with van der Waals surface area (Å²) >= 11 is 0. The third-order valence-electron chi connectivity index (χ3n) is 3.66. The van der Waals surface area contributed by atoms with Crippen LogP contribution in [0.15, 0.2) is 16.7 Å². The van der Waals surface area contributed by atoms with Gasteiger partial charge in [0.25, 0.3) is 0 Å². The summed E-state index contributed by atoms with van der Waals surface area (Å²) in [6, 6.07) is 2.76. The van der Waals surface area contributed by atoms with Gasteiger partial charge >= 0.3 is 6.09 Å². The van der Waals surface area contributed by atoms with Gasteiger partial charge in [-0.2, -0.15) is 0 Å². The molecule has 0 saturated carbocycles. The predicted molar refractivity (Wildman–Crippen MR) is 71.9 cm³/mol. The predicted octanol–water partition coefficient (Wildman–Crippen LogP) is 2.36. The van der Waals surface area contributed by atoms with E-state index in [1.165, 1.54) is 11.0 Å². The lowest BCUT2D eigenvalue weighted by atomic mass is 10.1. The van der Waals surface area contributed by atoms with Crippen molar-refractivity contribution in [2.45, 2.75) is 19.3 Å². The van der Waals surface area contributed by atoms with Gasteiger partial charge in [-0.1, -0.05) is 5.16 Å². The van der Waals surface area contributed by atoms with Crippen LogP contribution in [0.2, 0.25) is 0 Å². The summed E-state index contributed by atoms with van der Waals surface area (Å²) in [5, 5.41) is 4.39. The maximum absolute atomic E-state index is 14.1. The number of cyclic esters (lactones) is 1. The molecule has 1 aromatic carbocycles. The third kappa shape index (κ3) is 2.03. The molecule has 1 unspecified atom stereocenters. The molecule has 8 heteroatoms. The molecule has 0 aliphatic carbocycles. The minimum Gasteiger partial charge on any atom is -0.444 e. The average molecular weight is 308 g/mol. The molecular formula is C14H13FN2O5. The lowest BCUT2D eigenvalue weighted by Gasteiger charge is -2.12. The fourth-order valence-electron chi connectivity index (χ4n) is 2.65. The van der Waals surface area contributed by atoms with Crippen molar-refractivity contribution < 1.29 is 27.9 Å². The summed E-state index contributed by atoms with van der Waals surface area (Å²) in [4.78, 5) is 13.2. The Bertz CT molecular complexity index is 740. The summed E-state index contributed by atoms with van der Waals surface area (Å²) in [6.45, 7) is 2.97. The number of fused-ring (bicyclic) bond motifs is 1. The summed E-state index contributed by atoms with van der Waals surface area (Å²) < 4.78 is 35.0. The van der Waals surface area contributed by atoms with Gasteiger partial charge in [-0.05, 0) is 13.0 Å². The van der Waals surface area contributed by atoms with Crippen LogP contribution in [0.5, 0.6) is 0 Å². The van der Waals surface area contributed by atoms with E-state index < -0.39 is 18.2 Å². The van der Waals surface area contributed by atoms with Crippen molar-refractivity contribution >= 4 is 22.9 Å². The van der Waals surface area contributed by atoms with Crippen LogP contribution in [-0.2, 0) is 14.2 Å². The van der Waals surface area contributed by atoms with Crippen LogP contribution in [0.25, 0.3) is 11.0 Å². The molecule has 116 valence electrons. The van der Waals surface area contributed by atoms with Gasteiger partial charge in [-0.25, -0.2) is 9.18 Å². The topological polar surface area (TPSA) is 74.0 Å². The molecule has 3 heterocycles. The van der Waals surface area contributed by atoms with Gasteiger partial charge in [-0.3, -0.25) is 4.90 Å². The van der Waals surface area contributed by atoms with E-state index in [2.05, 4.69) is 5.16 Å². The Hall–Kier alpha value is -2.19. The second kappa shape index (κ2) is 4.92. The van der Waals surface area contributed by atoms with E-state index in [4.69, 9.17) is 18.7 Å². The zero-order chi connectivity index (χ0) is 15.3. The van der Waals surface area contributed by atoms with Crippen molar-refractivity contribution in [2.75, 3.05) is 24.7 Å². The van der Waals surface area contributed by atoms with Crippen LogP contribution < -0.4 is 4.90 Å². The number of amides is 1. The molecule has 2 fully saturated rings. The molecule has 1 aromatic heterocycles. The van der Waals surface area contributed by atoms with Crippen LogP contribution in [0.4, 0.5) is 15.0 Å². The number of carbonyl (C=O) groups excluding carboxylic acids is 1. The van der Waals surface area contributed by atoms with Crippen LogP contribution in [0.1, 0.15) is 18.8 Å². The average Bonchev–Trinajstić information content (AvgIpc) is 3.17. The number of hydrogen-bond acceptors (Lipinski definition) is 6. The number of aromatic nitrogens is 1. The van der Waals surface area contributed by atoms with Crippen molar-refractivity contribution in [1.82, 2.24) is 5.16 Å². The minimum atomic E-state index is -0.753. The van der Waals surface area contributed by atoms with E-state index in [0.717, 1.165) is 0 Å². The van der Waals surface area contributed by atoms with Gasteiger partial charge in [-0.15, -0.1) is 0 Å². The summed E-state index contributed by atoms with van der Waals surface area (Å²) in [5.41, 5.74) is 0.511. The van der Waals surface area contributed by atoms with Crippen LogP contribution in [0, 0.1) is 5.82 Å². The summed E-state index contributed by atoms with van der Waals surface area (Å²) in [6.07, 6.45) is -1.49. The number of anilines is 1. The molecule has 1 atom stereocenters. The van der Waals surface area contributed by atoms with Crippen molar-refractivity contribution in [1.29, 1.82) is 0 Å². The van der Waals surface area contributed by atoms with Gasteiger partial charge in [0.15, 0.2) is 17.7 Å². The Kier molecular flexibility index (Phi) is 3.02. The van der Waals surface area contributed by atoms with E-state index in [0.29, 0.717) is 31.0 Å². The van der Waals surface area contributed by atoms with Gasteiger partial charge in [0.2, 0.25) is 0 Å². The molecule has 0 radical (unpaired) electrons. The smallest absolute Gasteiger partial charge is 0.416 e. The number of halogens is 1. The van der Waals surface area contributed by atoms with Crippen LogP contribution >= 0.6 is 0 Å². The fourth-order valence-corrected chi connectivity index (χ4v) is 2.65. The van der Waals surface area contributed by atoms with E-state index >= 15 is 0 Å². The second-order valence-corrected chi connectivity index (χ2v) is 5.25. The Morgan fingerprint density at radius 1 is 1.32 bits per heavy atom. The van der Waals surface area contributed by atoms with E-state index in [9.17, 15) is 9.18 Å². The van der Waals surface area contributed by atoms with Gasteiger partial charge in [0, 0.05) is 11.6 Å². The Morgan fingerprint density at radius 3 is 2.77 bits per heavy atom. The molecule has 2 aliphatic rings. The molecule has 2 aliphatic heterocycles. The Labute approximate surface area is 124 Å². The standard InChI is InChI=1S/C14H13FN2O5/c1-7-6-17(14(18)21-7)12-9-4-8(13-19-2-3-20-13)10(15)5-11(9)22-16-12/h4-5,7,13H,2-3,6H2,1H3. The fraction of sp³-hybridized carbons (Fsp3) is 0.429. The highest BCUT2D eigenvalue weighted by atomic mass is 19.1. The summed E-state index contributed by atoms with van der Waals surface area (Å²) in [7, 11) is 0. The van der Waals surface area contributed by atoms with Crippen LogP contribution in [0.3, 0.4) is 0 Å². The zero-order valence-corrected chi connectivity index (χ0v) is 11.7. The molecule has 0 spiro atoms. The highest BCUT2D eigenvalue weighted by molar-refractivity contribution is 5.99. The lowest BCUT2D eigenvalue weighted by molar-refractivity contribution is -0.0463. The third-order valence-corrected chi connectivity index (χ3v) is 3.66. The van der Waals surface area contributed by atoms with E-state index in [-0.39, 0.29) is 17.3 Å². The number of nitrogens with zero attached hydrogens (tertiary/aromatic N) is 2. The van der Waals surface area contributed by atoms with Crippen LogP contribution in [-0.4, -0.2) is 37.1 Å². The molecule has 22 heavy (non-hydrogen) atoms. The first-order valence-corrected chi connectivity index (χ1v) is 6.93. The molecular weight excluding hydrogens is 295 g/mol. The van der Waals surface area contributed by atoms with Crippen molar-refractivity contribution in [3.63, 3.8) is 0 Å². The van der Waals surface area contributed by atoms with Crippen molar-refractivity contribution in [3.8, 4) is 0 Å². The molecule has 1 amide bonds. The monoisotopic (exact) mass is 308 g/mol.